The first kappa shape index (κ1) is 18.5. The number of hydrogen-bond donors (Lipinski definition) is 0. The van der Waals surface area contributed by atoms with E-state index in [1.165, 1.54) is 0 Å². The molecule has 24 heavy (non-hydrogen) atoms. The summed E-state index contributed by atoms with van der Waals surface area (Å²) < 4.78 is 66.2. The van der Waals surface area contributed by atoms with Crippen molar-refractivity contribution in [3.05, 3.63) is 28.3 Å². The minimum Gasteiger partial charge on any atom is -0.375 e. The fourth-order valence-electron chi connectivity index (χ4n) is 2.40. The van der Waals surface area contributed by atoms with Crippen LogP contribution in [0.1, 0.15) is 13.3 Å². The Morgan fingerprint density at radius 3 is 2.62 bits per heavy atom. The number of anilines is 1. The van der Waals surface area contributed by atoms with Crippen LogP contribution >= 0.6 is 0 Å². The van der Waals surface area contributed by atoms with Gasteiger partial charge in [0.15, 0.2) is 0 Å². The van der Waals surface area contributed by atoms with E-state index in [0.29, 0.717) is 32.2 Å². The van der Waals surface area contributed by atoms with Crippen molar-refractivity contribution in [1.29, 1.82) is 0 Å². The van der Waals surface area contributed by atoms with Gasteiger partial charge >= 0.3 is 5.51 Å². The van der Waals surface area contributed by atoms with Crippen molar-refractivity contribution in [2.75, 3.05) is 24.6 Å². The van der Waals surface area contributed by atoms with E-state index in [1.54, 1.807) is 4.90 Å². The van der Waals surface area contributed by atoms with E-state index in [9.17, 15) is 31.7 Å². The van der Waals surface area contributed by atoms with Gasteiger partial charge in [0.1, 0.15) is 5.69 Å². The Balaban J connectivity index is 2.47. The van der Waals surface area contributed by atoms with Gasteiger partial charge in [0.25, 0.3) is 15.5 Å². The van der Waals surface area contributed by atoms with Gasteiger partial charge in [-0.15, -0.1) is 0 Å². The van der Waals surface area contributed by atoms with E-state index in [-0.39, 0.29) is 11.8 Å². The van der Waals surface area contributed by atoms with Crippen molar-refractivity contribution in [2.24, 2.45) is 0 Å². The van der Waals surface area contributed by atoms with Crippen LogP contribution in [0.25, 0.3) is 0 Å². The Labute approximate surface area is 136 Å². The Morgan fingerprint density at radius 2 is 2.08 bits per heavy atom. The molecule has 1 aliphatic heterocycles. The molecule has 1 aliphatic rings. The minimum atomic E-state index is -5.64. The van der Waals surface area contributed by atoms with Crippen molar-refractivity contribution in [2.45, 2.75) is 29.9 Å². The first-order valence-corrected chi connectivity index (χ1v) is 8.52. The van der Waals surface area contributed by atoms with Gasteiger partial charge in [0.05, 0.1) is 22.5 Å². The highest BCUT2D eigenvalue weighted by Crippen LogP contribution is 2.36. The average molecular weight is 368 g/mol. The Bertz CT molecular complexity index is 736. The number of nitro groups is 1. The number of ether oxygens (including phenoxy) is 1. The van der Waals surface area contributed by atoms with E-state index < -0.39 is 30.9 Å². The second-order valence-corrected chi connectivity index (χ2v) is 7.15. The van der Waals surface area contributed by atoms with E-state index in [2.05, 4.69) is 0 Å². The van der Waals surface area contributed by atoms with Crippen LogP contribution < -0.4 is 4.90 Å². The van der Waals surface area contributed by atoms with Crippen LogP contribution in [0.4, 0.5) is 24.5 Å². The summed E-state index contributed by atoms with van der Waals surface area (Å²) >= 11 is 0. The predicted octanol–water partition coefficient (Wildman–Crippen LogP) is 2.50. The van der Waals surface area contributed by atoms with Gasteiger partial charge in [-0.1, -0.05) is 6.92 Å². The largest absolute Gasteiger partial charge is 0.501 e. The maximum atomic E-state index is 12.6. The van der Waals surface area contributed by atoms with Crippen LogP contribution in [0, 0.1) is 10.1 Å². The predicted molar refractivity (Wildman–Crippen MR) is 78.6 cm³/mol. The molecule has 1 saturated heterocycles. The maximum Gasteiger partial charge on any atom is 0.501 e. The number of alkyl halides is 3. The molecular formula is C13H15F3N2O5S. The average Bonchev–Trinajstić information content (AvgIpc) is 2.53. The number of nitrogens with zero attached hydrogens (tertiary/aromatic N) is 2. The molecule has 1 aromatic rings. The lowest BCUT2D eigenvalue weighted by molar-refractivity contribution is -0.384. The van der Waals surface area contributed by atoms with Crippen molar-refractivity contribution in [3.63, 3.8) is 0 Å². The Kier molecular flexibility index (Phi) is 5.04. The fourth-order valence-corrected chi connectivity index (χ4v) is 3.18. The minimum absolute atomic E-state index is 0.0721. The van der Waals surface area contributed by atoms with Crippen LogP contribution in [0.5, 0.6) is 0 Å². The summed E-state index contributed by atoms with van der Waals surface area (Å²) in [5, 5.41) is 11.2. The lowest BCUT2D eigenvalue weighted by Crippen LogP contribution is -2.42. The molecule has 0 radical (unpaired) electrons. The van der Waals surface area contributed by atoms with Crippen LogP contribution in [0.2, 0.25) is 0 Å². The second-order valence-electron chi connectivity index (χ2n) is 5.20. The van der Waals surface area contributed by atoms with E-state index in [0.717, 1.165) is 12.1 Å². The number of hydrogen-bond acceptors (Lipinski definition) is 6. The number of benzene rings is 1. The summed E-state index contributed by atoms with van der Waals surface area (Å²) in [5.41, 5.74) is -6.13. The molecule has 1 aromatic carbocycles. The van der Waals surface area contributed by atoms with Crippen LogP contribution in [0.3, 0.4) is 0 Å². The highest BCUT2D eigenvalue weighted by atomic mass is 32.2. The normalized spacial score (nSPS) is 19.3. The molecule has 0 aliphatic carbocycles. The fraction of sp³-hybridized carbons (Fsp3) is 0.538. The van der Waals surface area contributed by atoms with Crippen LogP contribution in [-0.2, 0) is 14.6 Å². The van der Waals surface area contributed by atoms with Gasteiger partial charge in [-0.25, -0.2) is 8.42 Å². The third-order valence-electron chi connectivity index (χ3n) is 3.69. The third kappa shape index (κ3) is 3.46. The quantitative estimate of drug-likeness (QED) is 0.599. The summed E-state index contributed by atoms with van der Waals surface area (Å²) in [5.74, 6) is 0. The monoisotopic (exact) mass is 368 g/mol. The highest BCUT2D eigenvalue weighted by Gasteiger charge is 2.47. The zero-order chi connectivity index (χ0) is 18.1. The van der Waals surface area contributed by atoms with Gasteiger partial charge in [-0.3, -0.25) is 10.1 Å². The van der Waals surface area contributed by atoms with Crippen molar-refractivity contribution < 1.29 is 31.2 Å². The lowest BCUT2D eigenvalue weighted by Gasteiger charge is -2.33. The molecular weight excluding hydrogens is 353 g/mol. The second kappa shape index (κ2) is 6.55. The van der Waals surface area contributed by atoms with Crippen LogP contribution in [0.15, 0.2) is 23.1 Å². The molecule has 0 N–H and O–H groups in total. The Morgan fingerprint density at radius 1 is 1.42 bits per heavy atom. The van der Waals surface area contributed by atoms with E-state index >= 15 is 0 Å². The van der Waals surface area contributed by atoms with Gasteiger partial charge in [-0.2, -0.15) is 13.2 Å². The molecule has 2 rings (SSSR count). The third-order valence-corrected chi connectivity index (χ3v) is 5.18. The van der Waals surface area contributed by atoms with E-state index in [1.807, 2.05) is 6.92 Å². The topological polar surface area (TPSA) is 89.8 Å². The zero-order valence-electron chi connectivity index (χ0n) is 12.6. The summed E-state index contributed by atoms with van der Waals surface area (Å²) in [4.78, 5) is 10.8. The number of rotatable bonds is 4. The number of morpholine rings is 1. The van der Waals surface area contributed by atoms with E-state index in [4.69, 9.17) is 4.74 Å². The van der Waals surface area contributed by atoms with Crippen molar-refractivity contribution in [1.82, 2.24) is 0 Å². The molecule has 0 saturated carbocycles. The molecule has 0 aromatic heterocycles. The first-order chi connectivity index (χ1) is 11.1. The molecule has 0 spiro atoms. The molecule has 1 fully saturated rings. The molecule has 11 heteroatoms. The number of sulfone groups is 1. The molecule has 0 bridgehead atoms. The van der Waals surface area contributed by atoms with Gasteiger partial charge in [0.2, 0.25) is 0 Å². The number of halogens is 3. The van der Waals surface area contributed by atoms with Gasteiger partial charge in [0, 0.05) is 19.2 Å². The standard InChI is InChI=1S/C13H15F3N2O5S/c1-2-9-8-17(5-6-23-9)11-4-3-10(7-12(11)18(19)20)24(21,22)13(14,15)16/h3-4,7,9H,2,5-6,8H2,1H3. The maximum absolute atomic E-state index is 12.6. The molecule has 1 atom stereocenters. The van der Waals surface area contributed by atoms with Crippen molar-refractivity contribution >= 4 is 21.2 Å². The number of nitro benzene ring substituents is 1. The van der Waals surface area contributed by atoms with Gasteiger partial charge < -0.3 is 9.64 Å². The SMILES string of the molecule is CCC1CN(c2ccc(S(=O)(=O)C(F)(F)F)cc2[N+](=O)[O-])CCO1. The van der Waals surface area contributed by atoms with Gasteiger partial charge in [-0.05, 0) is 18.6 Å². The molecule has 7 nitrogen and oxygen atoms in total. The first-order valence-electron chi connectivity index (χ1n) is 7.04. The lowest BCUT2D eigenvalue weighted by atomic mass is 10.2. The molecule has 1 unspecified atom stereocenters. The molecule has 0 amide bonds. The molecule has 1 heterocycles. The van der Waals surface area contributed by atoms with Crippen LogP contribution in [-0.4, -0.2) is 44.6 Å². The summed E-state index contributed by atoms with van der Waals surface area (Å²) in [7, 11) is -5.64. The summed E-state index contributed by atoms with van der Waals surface area (Å²) in [6, 6.07) is 2.23. The summed E-state index contributed by atoms with van der Waals surface area (Å²) in [6.07, 6.45) is 0.516. The Hall–Kier alpha value is -1.88. The zero-order valence-corrected chi connectivity index (χ0v) is 13.4. The smallest absolute Gasteiger partial charge is 0.375 e. The summed E-state index contributed by atoms with van der Waals surface area (Å²) in [6.45, 7) is 2.85. The van der Waals surface area contributed by atoms with Crippen molar-refractivity contribution in [3.8, 4) is 0 Å². The molecule has 134 valence electrons. The highest BCUT2D eigenvalue weighted by molar-refractivity contribution is 7.92.